The minimum atomic E-state index is 0.208. The summed E-state index contributed by atoms with van der Waals surface area (Å²) in [5.74, 6) is 0.484. The fourth-order valence-electron chi connectivity index (χ4n) is 2.50. The number of anilines is 2. The van der Waals surface area contributed by atoms with Crippen molar-refractivity contribution in [2.75, 3.05) is 16.8 Å². The number of phenols is 1. The lowest BCUT2D eigenvalue weighted by molar-refractivity contribution is -0.117. The van der Waals surface area contributed by atoms with Gasteiger partial charge in [0.2, 0.25) is 5.91 Å². The van der Waals surface area contributed by atoms with Gasteiger partial charge in [-0.15, -0.1) is 0 Å². The van der Waals surface area contributed by atoms with E-state index >= 15 is 0 Å². The Hall–Kier alpha value is -2.49. The Morgan fingerprint density at radius 1 is 1.05 bits per heavy atom. The molecule has 1 aliphatic heterocycles. The standard InChI is InChI=1S/C17H18N2O2/c20-16-9-3-13(4-10-16)12-18-14-5-7-15(8-6-14)19-11-1-2-17(19)21/h3-10,18,20H,1-2,11-12H2. The predicted molar refractivity (Wildman–Crippen MR) is 83.5 cm³/mol. The third-order valence-corrected chi connectivity index (χ3v) is 3.69. The van der Waals surface area contributed by atoms with Gasteiger partial charge >= 0.3 is 0 Å². The molecular formula is C17H18N2O2. The average Bonchev–Trinajstić information content (AvgIpc) is 2.93. The number of rotatable bonds is 4. The summed E-state index contributed by atoms with van der Waals surface area (Å²) in [5.41, 5.74) is 3.08. The van der Waals surface area contributed by atoms with Gasteiger partial charge in [0.1, 0.15) is 5.75 Å². The number of hydrogen-bond acceptors (Lipinski definition) is 3. The molecule has 1 fully saturated rings. The van der Waals surface area contributed by atoms with E-state index in [0.717, 1.165) is 29.9 Å². The van der Waals surface area contributed by atoms with Gasteiger partial charge in [-0.25, -0.2) is 0 Å². The highest BCUT2D eigenvalue weighted by atomic mass is 16.3. The van der Waals surface area contributed by atoms with Crippen LogP contribution >= 0.6 is 0 Å². The van der Waals surface area contributed by atoms with Crippen LogP contribution in [0, 0.1) is 0 Å². The third kappa shape index (κ3) is 3.16. The van der Waals surface area contributed by atoms with Crippen molar-refractivity contribution in [3.63, 3.8) is 0 Å². The second-order valence-corrected chi connectivity index (χ2v) is 5.22. The quantitative estimate of drug-likeness (QED) is 0.906. The molecule has 1 amide bonds. The van der Waals surface area contributed by atoms with Crippen molar-refractivity contribution in [1.82, 2.24) is 0 Å². The molecule has 0 radical (unpaired) electrons. The van der Waals surface area contributed by atoms with E-state index in [9.17, 15) is 9.90 Å². The Labute approximate surface area is 124 Å². The first-order valence-corrected chi connectivity index (χ1v) is 7.14. The van der Waals surface area contributed by atoms with Gasteiger partial charge in [-0.05, 0) is 48.4 Å². The molecular weight excluding hydrogens is 264 g/mol. The van der Waals surface area contributed by atoms with Crippen LogP contribution in [0.3, 0.4) is 0 Å². The van der Waals surface area contributed by atoms with Gasteiger partial charge in [0, 0.05) is 30.9 Å². The molecule has 0 atom stereocenters. The van der Waals surface area contributed by atoms with E-state index < -0.39 is 0 Å². The maximum absolute atomic E-state index is 11.7. The van der Waals surface area contributed by atoms with Crippen molar-refractivity contribution in [2.24, 2.45) is 0 Å². The van der Waals surface area contributed by atoms with Gasteiger partial charge in [-0.2, -0.15) is 0 Å². The number of aromatic hydroxyl groups is 1. The second-order valence-electron chi connectivity index (χ2n) is 5.22. The van der Waals surface area contributed by atoms with Crippen molar-refractivity contribution < 1.29 is 9.90 Å². The summed E-state index contributed by atoms with van der Waals surface area (Å²) in [5, 5.41) is 12.6. The van der Waals surface area contributed by atoms with Gasteiger partial charge in [-0.1, -0.05) is 12.1 Å². The molecule has 1 saturated heterocycles. The van der Waals surface area contributed by atoms with E-state index in [-0.39, 0.29) is 11.7 Å². The lowest BCUT2D eigenvalue weighted by atomic mass is 10.2. The summed E-state index contributed by atoms with van der Waals surface area (Å²) in [6.45, 7) is 1.52. The van der Waals surface area contributed by atoms with Crippen molar-refractivity contribution in [3.8, 4) is 5.75 Å². The van der Waals surface area contributed by atoms with Gasteiger partial charge in [0.25, 0.3) is 0 Å². The largest absolute Gasteiger partial charge is 0.508 e. The van der Waals surface area contributed by atoms with Crippen molar-refractivity contribution in [1.29, 1.82) is 0 Å². The lowest BCUT2D eigenvalue weighted by Gasteiger charge is -2.16. The smallest absolute Gasteiger partial charge is 0.227 e. The van der Waals surface area contributed by atoms with Gasteiger partial charge in [0.15, 0.2) is 0 Å². The molecule has 1 heterocycles. The predicted octanol–water partition coefficient (Wildman–Crippen LogP) is 3.13. The van der Waals surface area contributed by atoms with Crippen LogP contribution in [0.5, 0.6) is 5.75 Å². The first-order chi connectivity index (χ1) is 10.2. The molecule has 0 aromatic heterocycles. The lowest BCUT2D eigenvalue weighted by Crippen LogP contribution is -2.23. The minimum absolute atomic E-state index is 0.208. The molecule has 3 rings (SSSR count). The van der Waals surface area contributed by atoms with Crippen LogP contribution in [0.2, 0.25) is 0 Å². The van der Waals surface area contributed by atoms with Gasteiger partial charge < -0.3 is 15.3 Å². The van der Waals surface area contributed by atoms with E-state index in [4.69, 9.17) is 0 Å². The number of carbonyl (C=O) groups is 1. The summed E-state index contributed by atoms with van der Waals surface area (Å²) in [7, 11) is 0. The van der Waals surface area contributed by atoms with Crippen molar-refractivity contribution in [3.05, 3.63) is 54.1 Å². The Balaban J connectivity index is 1.62. The highest BCUT2D eigenvalue weighted by Crippen LogP contribution is 2.23. The van der Waals surface area contributed by atoms with E-state index in [1.807, 2.05) is 41.3 Å². The zero-order chi connectivity index (χ0) is 14.7. The zero-order valence-corrected chi connectivity index (χ0v) is 11.7. The first kappa shape index (κ1) is 13.5. The number of hydrogen-bond donors (Lipinski definition) is 2. The molecule has 4 nitrogen and oxygen atoms in total. The van der Waals surface area contributed by atoms with Crippen LogP contribution in [0.4, 0.5) is 11.4 Å². The Morgan fingerprint density at radius 2 is 1.76 bits per heavy atom. The Bertz CT molecular complexity index is 620. The SMILES string of the molecule is O=C1CCCN1c1ccc(NCc2ccc(O)cc2)cc1. The van der Waals surface area contributed by atoms with Crippen LogP contribution in [-0.2, 0) is 11.3 Å². The normalized spacial score (nSPS) is 14.5. The molecule has 2 aromatic carbocycles. The van der Waals surface area contributed by atoms with E-state index in [1.165, 1.54) is 0 Å². The highest BCUT2D eigenvalue weighted by Gasteiger charge is 2.21. The number of benzene rings is 2. The van der Waals surface area contributed by atoms with E-state index in [2.05, 4.69) is 5.32 Å². The molecule has 21 heavy (non-hydrogen) atoms. The number of phenolic OH excluding ortho intramolecular Hbond substituents is 1. The monoisotopic (exact) mass is 282 g/mol. The average molecular weight is 282 g/mol. The topological polar surface area (TPSA) is 52.6 Å². The number of carbonyl (C=O) groups excluding carboxylic acids is 1. The molecule has 1 aliphatic rings. The third-order valence-electron chi connectivity index (χ3n) is 3.69. The summed E-state index contributed by atoms with van der Waals surface area (Å²) in [6, 6.07) is 15.1. The van der Waals surface area contributed by atoms with Crippen LogP contribution in [0.1, 0.15) is 18.4 Å². The molecule has 0 spiro atoms. The summed E-state index contributed by atoms with van der Waals surface area (Å²) in [4.78, 5) is 13.5. The van der Waals surface area contributed by atoms with Crippen LogP contribution in [0.25, 0.3) is 0 Å². The molecule has 4 heteroatoms. The zero-order valence-electron chi connectivity index (χ0n) is 11.7. The van der Waals surface area contributed by atoms with Crippen LogP contribution in [0.15, 0.2) is 48.5 Å². The molecule has 0 unspecified atom stereocenters. The maximum Gasteiger partial charge on any atom is 0.227 e. The van der Waals surface area contributed by atoms with E-state index in [0.29, 0.717) is 13.0 Å². The van der Waals surface area contributed by atoms with E-state index in [1.54, 1.807) is 12.1 Å². The molecule has 0 aliphatic carbocycles. The number of nitrogens with zero attached hydrogens (tertiary/aromatic N) is 1. The number of amides is 1. The molecule has 108 valence electrons. The molecule has 2 N–H and O–H groups in total. The van der Waals surface area contributed by atoms with Gasteiger partial charge in [0.05, 0.1) is 0 Å². The number of nitrogens with one attached hydrogen (secondary N) is 1. The molecule has 0 saturated carbocycles. The minimum Gasteiger partial charge on any atom is -0.508 e. The van der Waals surface area contributed by atoms with Crippen molar-refractivity contribution >= 4 is 17.3 Å². The molecule has 0 bridgehead atoms. The van der Waals surface area contributed by atoms with Crippen LogP contribution < -0.4 is 10.2 Å². The summed E-state index contributed by atoms with van der Waals surface area (Å²) < 4.78 is 0. The highest BCUT2D eigenvalue weighted by molar-refractivity contribution is 5.95. The molecule has 2 aromatic rings. The first-order valence-electron chi connectivity index (χ1n) is 7.14. The van der Waals surface area contributed by atoms with Gasteiger partial charge in [-0.3, -0.25) is 4.79 Å². The Kier molecular flexibility index (Phi) is 3.77. The Morgan fingerprint density at radius 3 is 2.38 bits per heavy atom. The maximum atomic E-state index is 11.7. The summed E-state index contributed by atoms with van der Waals surface area (Å²) >= 11 is 0. The van der Waals surface area contributed by atoms with Crippen molar-refractivity contribution in [2.45, 2.75) is 19.4 Å². The second kappa shape index (κ2) is 5.87. The fraction of sp³-hybridized carbons (Fsp3) is 0.235. The summed E-state index contributed by atoms with van der Waals surface area (Å²) in [6.07, 6.45) is 1.60. The van der Waals surface area contributed by atoms with Crippen LogP contribution in [-0.4, -0.2) is 17.6 Å². The fourth-order valence-corrected chi connectivity index (χ4v) is 2.50.